The van der Waals surface area contributed by atoms with Gasteiger partial charge in [-0.1, -0.05) is 24.3 Å². The van der Waals surface area contributed by atoms with Crippen molar-refractivity contribution in [2.24, 2.45) is 0 Å². The fraction of sp³-hybridized carbons (Fsp3) is 0.174. The summed E-state index contributed by atoms with van der Waals surface area (Å²) in [4.78, 5) is 12.7. The van der Waals surface area contributed by atoms with Gasteiger partial charge in [0.1, 0.15) is 11.5 Å². The summed E-state index contributed by atoms with van der Waals surface area (Å²) in [5.74, 6) is 0.872. The lowest BCUT2D eigenvalue weighted by Crippen LogP contribution is -2.26. The standard InChI is InChI=1S/C23H24N2O5S/c1-25(31(27,28)20-14-12-19(29-2)13-15-20)16-17-8-10-18(11-9-17)23(26)24-21-6-4-5-7-22(21)30-3/h4-15H,16H2,1-3H3,(H,24,26). The minimum atomic E-state index is -3.65. The van der Waals surface area contributed by atoms with Crippen molar-refractivity contribution >= 4 is 21.6 Å². The van der Waals surface area contributed by atoms with Crippen molar-refractivity contribution in [3.8, 4) is 11.5 Å². The van der Waals surface area contributed by atoms with Gasteiger partial charge in [-0.2, -0.15) is 4.31 Å². The maximum absolute atomic E-state index is 12.8. The summed E-state index contributed by atoms with van der Waals surface area (Å²) in [5, 5.41) is 2.81. The van der Waals surface area contributed by atoms with Crippen LogP contribution in [-0.2, 0) is 16.6 Å². The summed E-state index contributed by atoms with van der Waals surface area (Å²) in [7, 11) is 0.925. The van der Waals surface area contributed by atoms with Crippen molar-refractivity contribution in [2.45, 2.75) is 11.4 Å². The predicted octanol–water partition coefficient (Wildman–Crippen LogP) is 3.78. The summed E-state index contributed by atoms with van der Waals surface area (Å²) in [6.45, 7) is 0.169. The molecule has 3 rings (SSSR count). The van der Waals surface area contributed by atoms with Gasteiger partial charge >= 0.3 is 0 Å². The van der Waals surface area contributed by atoms with Crippen molar-refractivity contribution in [3.63, 3.8) is 0 Å². The van der Waals surface area contributed by atoms with Crippen LogP contribution >= 0.6 is 0 Å². The highest BCUT2D eigenvalue weighted by molar-refractivity contribution is 7.89. The molecule has 0 fully saturated rings. The maximum Gasteiger partial charge on any atom is 0.255 e. The molecule has 1 amide bonds. The van der Waals surface area contributed by atoms with E-state index in [9.17, 15) is 13.2 Å². The van der Waals surface area contributed by atoms with Crippen molar-refractivity contribution in [2.75, 3.05) is 26.6 Å². The second kappa shape index (κ2) is 9.63. The highest BCUT2D eigenvalue weighted by Gasteiger charge is 2.21. The first-order valence-electron chi connectivity index (χ1n) is 9.49. The van der Waals surface area contributed by atoms with Crippen molar-refractivity contribution in [1.82, 2.24) is 4.31 Å². The smallest absolute Gasteiger partial charge is 0.255 e. The summed E-state index contributed by atoms with van der Waals surface area (Å²) in [6, 6.07) is 20.2. The number of carbonyl (C=O) groups excluding carboxylic acids is 1. The zero-order chi connectivity index (χ0) is 22.4. The Bertz CT molecular complexity index is 1140. The lowest BCUT2D eigenvalue weighted by atomic mass is 10.1. The van der Waals surface area contributed by atoms with Gasteiger partial charge in [-0.25, -0.2) is 8.42 Å². The minimum absolute atomic E-state index is 0.169. The first-order chi connectivity index (χ1) is 14.8. The average Bonchev–Trinajstić information content (AvgIpc) is 2.79. The summed E-state index contributed by atoms with van der Waals surface area (Å²) < 4.78 is 37.1. The molecular formula is C23H24N2O5S. The molecule has 1 N–H and O–H groups in total. The highest BCUT2D eigenvalue weighted by Crippen LogP contribution is 2.24. The molecule has 0 radical (unpaired) electrons. The van der Waals surface area contributed by atoms with Crippen LogP contribution in [0.1, 0.15) is 15.9 Å². The molecule has 3 aromatic carbocycles. The fourth-order valence-corrected chi connectivity index (χ4v) is 4.13. The SMILES string of the molecule is COc1ccc(S(=O)(=O)N(C)Cc2ccc(C(=O)Nc3ccccc3OC)cc2)cc1. The molecule has 0 saturated carbocycles. The van der Waals surface area contributed by atoms with Crippen LogP contribution in [0.5, 0.6) is 11.5 Å². The number of sulfonamides is 1. The number of rotatable bonds is 8. The minimum Gasteiger partial charge on any atom is -0.497 e. The summed E-state index contributed by atoms with van der Waals surface area (Å²) in [5.41, 5.74) is 1.79. The van der Waals surface area contributed by atoms with Crippen molar-refractivity contribution in [3.05, 3.63) is 83.9 Å². The van der Waals surface area contributed by atoms with E-state index in [1.54, 1.807) is 54.6 Å². The Kier molecular flexibility index (Phi) is 6.94. The Morgan fingerprint density at radius 1 is 0.903 bits per heavy atom. The first-order valence-corrected chi connectivity index (χ1v) is 10.9. The van der Waals surface area contributed by atoms with Gasteiger partial charge in [0, 0.05) is 19.2 Å². The van der Waals surface area contributed by atoms with Gasteiger partial charge in [-0.3, -0.25) is 4.79 Å². The van der Waals surface area contributed by atoms with Crippen molar-refractivity contribution in [1.29, 1.82) is 0 Å². The van der Waals surface area contributed by atoms with Crippen LogP contribution in [0.2, 0.25) is 0 Å². The van der Waals surface area contributed by atoms with Crippen LogP contribution in [0, 0.1) is 0 Å². The topological polar surface area (TPSA) is 84.9 Å². The molecule has 0 heterocycles. The molecule has 0 aliphatic carbocycles. The zero-order valence-electron chi connectivity index (χ0n) is 17.5. The molecule has 0 unspecified atom stereocenters. The second-order valence-corrected chi connectivity index (χ2v) is 8.83. The predicted molar refractivity (Wildman–Crippen MR) is 119 cm³/mol. The number of amides is 1. The van der Waals surface area contributed by atoms with Gasteiger partial charge in [0.15, 0.2) is 0 Å². The lowest BCUT2D eigenvalue weighted by Gasteiger charge is -2.18. The molecule has 0 spiro atoms. The Hall–Kier alpha value is -3.36. The van der Waals surface area contributed by atoms with E-state index in [-0.39, 0.29) is 17.3 Å². The molecule has 7 nitrogen and oxygen atoms in total. The van der Waals surface area contributed by atoms with E-state index in [1.807, 2.05) is 6.07 Å². The van der Waals surface area contributed by atoms with E-state index in [1.165, 1.54) is 37.7 Å². The number of methoxy groups -OCH3 is 2. The lowest BCUT2D eigenvalue weighted by molar-refractivity contribution is 0.102. The Morgan fingerprint density at radius 2 is 1.55 bits per heavy atom. The quantitative estimate of drug-likeness (QED) is 0.576. The fourth-order valence-electron chi connectivity index (χ4n) is 2.97. The molecule has 0 saturated heterocycles. The van der Waals surface area contributed by atoms with Crippen LogP contribution in [0.4, 0.5) is 5.69 Å². The van der Waals surface area contributed by atoms with E-state index in [0.29, 0.717) is 22.7 Å². The van der Waals surface area contributed by atoms with Gasteiger partial charge < -0.3 is 14.8 Å². The number of para-hydroxylation sites is 2. The normalized spacial score (nSPS) is 11.2. The van der Waals surface area contributed by atoms with E-state index in [4.69, 9.17) is 9.47 Å². The molecule has 31 heavy (non-hydrogen) atoms. The number of hydrogen-bond acceptors (Lipinski definition) is 5. The van der Waals surface area contributed by atoms with Gasteiger partial charge in [0.25, 0.3) is 5.91 Å². The summed E-state index contributed by atoms with van der Waals surface area (Å²) >= 11 is 0. The number of nitrogens with zero attached hydrogens (tertiary/aromatic N) is 1. The van der Waals surface area contributed by atoms with Crippen LogP contribution in [-0.4, -0.2) is 39.9 Å². The number of hydrogen-bond donors (Lipinski definition) is 1. The van der Waals surface area contributed by atoms with Crippen LogP contribution in [0.3, 0.4) is 0 Å². The molecule has 0 atom stereocenters. The zero-order valence-corrected chi connectivity index (χ0v) is 18.3. The number of benzene rings is 3. The number of anilines is 1. The third kappa shape index (κ3) is 5.22. The van der Waals surface area contributed by atoms with E-state index >= 15 is 0 Å². The Morgan fingerprint density at radius 3 is 2.16 bits per heavy atom. The molecule has 162 valence electrons. The molecular weight excluding hydrogens is 416 g/mol. The van der Waals surface area contributed by atoms with E-state index in [0.717, 1.165) is 5.56 Å². The number of nitrogens with one attached hydrogen (secondary N) is 1. The average molecular weight is 441 g/mol. The van der Waals surface area contributed by atoms with Crippen LogP contribution in [0.25, 0.3) is 0 Å². The highest BCUT2D eigenvalue weighted by atomic mass is 32.2. The molecule has 3 aromatic rings. The maximum atomic E-state index is 12.8. The monoisotopic (exact) mass is 440 g/mol. The summed E-state index contributed by atoms with van der Waals surface area (Å²) in [6.07, 6.45) is 0. The largest absolute Gasteiger partial charge is 0.497 e. The van der Waals surface area contributed by atoms with Gasteiger partial charge in [-0.15, -0.1) is 0 Å². The van der Waals surface area contributed by atoms with E-state index in [2.05, 4.69) is 5.32 Å². The first kappa shape index (κ1) is 22.3. The van der Waals surface area contributed by atoms with Crippen molar-refractivity contribution < 1.29 is 22.7 Å². The van der Waals surface area contributed by atoms with E-state index < -0.39 is 10.0 Å². The second-order valence-electron chi connectivity index (χ2n) is 6.79. The Labute approximate surface area is 182 Å². The van der Waals surface area contributed by atoms with Crippen LogP contribution in [0.15, 0.2) is 77.7 Å². The number of ether oxygens (including phenoxy) is 2. The number of carbonyl (C=O) groups is 1. The van der Waals surface area contributed by atoms with Gasteiger partial charge in [0.2, 0.25) is 10.0 Å². The van der Waals surface area contributed by atoms with Crippen LogP contribution < -0.4 is 14.8 Å². The molecule has 0 aromatic heterocycles. The van der Waals surface area contributed by atoms with Gasteiger partial charge in [-0.05, 0) is 54.1 Å². The molecule has 0 bridgehead atoms. The molecule has 0 aliphatic rings. The molecule has 8 heteroatoms. The van der Waals surface area contributed by atoms with Gasteiger partial charge in [0.05, 0.1) is 24.8 Å². The Balaban J connectivity index is 1.68. The third-order valence-corrected chi connectivity index (χ3v) is 6.56. The molecule has 0 aliphatic heterocycles. The third-order valence-electron chi connectivity index (χ3n) is 4.74.